The van der Waals surface area contributed by atoms with Crippen molar-refractivity contribution >= 4 is 34.9 Å². The monoisotopic (exact) mass is 410 g/mol. The minimum Gasteiger partial charge on any atom is -0.496 e. The molecule has 1 aromatic heterocycles. The number of benzene rings is 2. The van der Waals surface area contributed by atoms with E-state index < -0.39 is 5.97 Å². The Hall–Kier alpha value is -3.65. The van der Waals surface area contributed by atoms with E-state index in [1.807, 2.05) is 13.0 Å². The van der Waals surface area contributed by atoms with Crippen molar-refractivity contribution in [2.45, 2.75) is 6.92 Å². The zero-order valence-electron chi connectivity index (χ0n) is 15.7. The number of carboxylic acids is 1. The van der Waals surface area contributed by atoms with Gasteiger partial charge >= 0.3 is 5.97 Å². The zero-order chi connectivity index (χ0) is 21.0. The van der Waals surface area contributed by atoms with Crippen LogP contribution in [0.25, 0.3) is 11.3 Å². The fourth-order valence-electron chi connectivity index (χ4n) is 2.70. The summed E-state index contributed by atoms with van der Waals surface area (Å²) in [4.78, 5) is 23.4. The number of furan rings is 1. The summed E-state index contributed by atoms with van der Waals surface area (Å²) in [6.07, 6.45) is 0. The molecule has 0 aliphatic heterocycles. The maximum atomic E-state index is 12.3. The molecule has 2 aromatic carbocycles. The van der Waals surface area contributed by atoms with Crippen molar-refractivity contribution in [2.24, 2.45) is 0 Å². The molecule has 0 saturated carbocycles. The standard InChI is InChI=1S/C21H18N2O5S/c1-12-4-3-5-13(10-12)19(24)23-21(29)22-14-6-7-16(27-2)15(11-14)17-8-9-18(28-17)20(25)26/h3-11H,1-2H3,(H,25,26)(H2,22,23,24,29). The first kappa shape index (κ1) is 20.1. The first-order chi connectivity index (χ1) is 13.9. The molecule has 0 spiro atoms. The molecule has 0 aliphatic rings. The van der Waals surface area contributed by atoms with E-state index in [0.29, 0.717) is 28.3 Å². The van der Waals surface area contributed by atoms with Crippen LogP contribution in [0.5, 0.6) is 5.75 Å². The van der Waals surface area contributed by atoms with Crippen molar-refractivity contribution in [3.63, 3.8) is 0 Å². The summed E-state index contributed by atoms with van der Waals surface area (Å²) in [6.45, 7) is 1.90. The summed E-state index contributed by atoms with van der Waals surface area (Å²) in [6, 6.07) is 15.2. The van der Waals surface area contributed by atoms with Crippen molar-refractivity contribution in [1.82, 2.24) is 5.32 Å². The number of hydrogen-bond acceptors (Lipinski definition) is 5. The number of carboxylic acid groups (broad SMARTS) is 1. The van der Waals surface area contributed by atoms with Crippen LogP contribution in [0, 0.1) is 6.92 Å². The summed E-state index contributed by atoms with van der Waals surface area (Å²) in [7, 11) is 1.50. The molecule has 0 bridgehead atoms. The molecule has 0 atom stereocenters. The minimum absolute atomic E-state index is 0.123. The third kappa shape index (κ3) is 4.80. The van der Waals surface area contributed by atoms with Crippen molar-refractivity contribution in [3.05, 3.63) is 71.5 Å². The van der Waals surface area contributed by atoms with Crippen LogP contribution in [0.1, 0.15) is 26.5 Å². The lowest BCUT2D eigenvalue weighted by Crippen LogP contribution is -2.34. The highest BCUT2D eigenvalue weighted by Crippen LogP contribution is 2.33. The summed E-state index contributed by atoms with van der Waals surface area (Å²) in [5, 5.41) is 14.7. The van der Waals surface area contributed by atoms with E-state index in [4.69, 9.17) is 26.5 Å². The van der Waals surface area contributed by atoms with Gasteiger partial charge in [0.15, 0.2) is 5.11 Å². The SMILES string of the molecule is COc1ccc(NC(=S)NC(=O)c2cccc(C)c2)cc1-c1ccc(C(=O)O)o1. The minimum atomic E-state index is -1.16. The first-order valence-corrected chi connectivity index (χ1v) is 8.98. The molecule has 0 aliphatic carbocycles. The third-order valence-electron chi connectivity index (χ3n) is 4.05. The maximum Gasteiger partial charge on any atom is 0.371 e. The summed E-state index contributed by atoms with van der Waals surface area (Å²) < 4.78 is 10.7. The molecule has 29 heavy (non-hydrogen) atoms. The van der Waals surface area contributed by atoms with E-state index in [0.717, 1.165) is 5.56 Å². The van der Waals surface area contributed by atoms with E-state index >= 15 is 0 Å². The van der Waals surface area contributed by atoms with Gasteiger partial charge in [0.2, 0.25) is 5.76 Å². The smallest absolute Gasteiger partial charge is 0.371 e. The Morgan fingerprint density at radius 1 is 1.10 bits per heavy atom. The van der Waals surface area contributed by atoms with Crippen LogP contribution in [0.2, 0.25) is 0 Å². The largest absolute Gasteiger partial charge is 0.496 e. The number of thiocarbonyl (C=S) groups is 1. The molecular formula is C21H18N2O5S. The number of methoxy groups -OCH3 is 1. The van der Waals surface area contributed by atoms with Crippen LogP contribution in [0.4, 0.5) is 5.69 Å². The van der Waals surface area contributed by atoms with Crippen LogP contribution in [-0.4, -0.2) is 29.2 Å². The Morgan fingerprint density at radius 3 is 2.55 bits per heavy atom. The molecule has 7 nitrogen and oxygen atoms in total. The normalized spacial score (nSPS) is 10.3. The van der Waals surface area contributed by atoms with Crippen LogP contribution in [-0.2, 0) is 0 Å². The van der Waals surface area contributed by atoms with Gasteiger partial charge in [-0.2, -0.15) is 0 Å². The van der Waals surface area contributed by atoms with Crippen molar-refractivity contribution in [2.75, 3.05) is 12.4 Å². The zero-order valence-corrected chi connectivity index (χ0v) is 16.5. The molecule has 1 heterocycles. The quantitative estimate of drug-likeness (QED) is 0.545. The Kier molecular flexibility index (Phi) is 5.94. The Morgan fingerprint density at radius 2 is 1.90 bits per heavy atom. The van der Waals surface area contributed by atoms with Gasteiger partial charge in [-0.25, -0.2) is 4.79 Å². The Bertz CT molecular complexity index is 1090. The number of hydrogen-bond donors (Lipinski definition) is 3. The molecule has 8 heteroatoms. The number of carbonyl (C=O) groups excluding carboxylic acids is 1. The van der Waals surface area contributed by atoms with E-state index in [2.05, 4.69) is 10.6 Å². The highest BCUT2D eigenvalue weighted by Gasteiger charge is 2.15. The van der Waals surface area contributed by atoms with Gasteiger partial charge in [-0.05, 0) is 61.6 Å². The third-order valence-corrected chi connectivity index (χ3v) is 4.25. The second-order valence-electron chi connectivity index (χ2n) is 6.16. The summed E-state index contributed by atoms with van der Waals surface area (Å²) in [5.41, 5.74) is 2.58. The average Bonchev–Trinajstić information content (AvgIpc) is 3.18. The van der Waals surface area contributed by atoms with Crippen molar-refractivity contribution in [1.29, 1.82) is 0 Å². The predicted molar refractivity (Wildman–Crippen MR) is 113 cm³/mol. The molecule has 3 rings (SSSR count). The number of ether oxygens (including phenoxy) is 1. The molecule has 0 unspecified atom stereocenters. The van der Waals surface area contributed by atoms with Gasteiger partial charge in [-0.3, -0.25) is 10.1 Å². The lowest BCUT2D eigenvalue weighted by atomic mass is 10.1. The molecule has 148 valence electrons. The highest BCUT2D eigenvalue weighted by atomic mass is 32.1. The molecule has 0 fully saturated rings. The molecule has 0 radical (unpaired) electrons. The Balaban J connectivity index is 1.77. The van der Waals surface area contributed by atoms with Gasteiger partial charge in [-0.1, -0.05) is 17.7 Å². The van der Waals surface area contributed by atoms with E-state index in [-0.39, 0.29) is 16.8 Å². The van der Waals surface area contributed by atoms with Gasteiger partial charge in [0.05, 0.1) is 12.7 Å². The number of nitrogens with one attached hydrogen (secondary N) is 2. The fraction of sp³-hybridized carbons (Fsp3) is 0.0952. The van der Waals surface area contributed by atoms with Gasteiger partial charge in [0.25, 0.3) is 5.91 Å². The van der Waals surface area contributed by atoms with Crippen LogP contribution in [0.15, 0.2) is 59.0 Å². The number of anilines is 1. The number of carbonyl (C=O) groups is 2. The van der Waals surface area contributed by atoms with E-state index in [9.17, 15) is 9.59 Å². The Labute approximate surface area is 172 Å². The summed E-state index contributed by atoms with van der Waals surface area (Å²) >= 11 is 5.23. The fourth-order valence-corrected chi connectivity index (χ4v) is 2.91. The van der Waals surface area contributed by atoms with Crippen LogP contribution >= 0.6 is 12.2 Å². The van der Waals surface area contributed by atoms with E-state index in [1.165, 1.54) is 13.2 Å². The van der Waals surface area contributed by atoms with E-state index in [1.54, 1.807) is 42.5 Å². The maximum absolute atomic E-state index is 12.3. The van der Waals surface area contributed by atoms with Crippen molar-refractivity contribution < 1.29 is 23.8 Å². The highest BCUT2D eigenvalue weighted by molar-refractivity contribution is 7.80. The van der Waals surface area contributed by atoms with Crippen LogP contribution in [0.3, 0.4) is 0 Å². The lowest BCUT2D eigenvalue weighted by molar-refractivity contribution is 0.0663. The van der Waals surface area contributed by atoms with Gasteiger partial charge in [0.1, 0.15) is 11.5 Å². The average molecular weight is 410 g/mol. The molecule has 3 aromatic rings. The van der Waals surface area contributed by atoms with Gasteiger partial charge in [-0.15, -0.1) is 0 Å². The number of rotatable bonds is 5. The molecule has 3 N–H and O–H groups in total. The molecular weight excluding hydrogens is 392 g/mol. The van der Waals surface area contributed by atoms with Crippen molar-refractivity contribution in [3.8, 4) is 17.1 Å². The van der Waals surface area contributed by atoms with Crippen LogP contribution < -0.4 is 15.4 Å². The topological polar surface area (TPSA) is 101 Å². The van der Waals surface area contributed by atoms with Gasteiger partial charge < -0.3 is 19.6 Å². The van der Waals surface area contributed by atoms with Gasteiger partial charge in [0, 0.05) is 11.3 Å². The second kappa shape index (κ2) is 8.57. The second-order valence-corrected chi connectivity index (χ2v) is 6.57. The number of aromatic carboxylic acids is 1. The summed E-state index contributed by atoms with van der Waals surface area (Å²) in [5.74, 6) is -0.836. The number of aryl methyl sites for hydroxylation is 1. The molecule has 0 saturated heterocycles. The first-order valence-electron chi connectivity index (χ1n) is 8.58. The predicted octanol–water partition coefficient (Wildman–Crippen LogP) is 4.09. The lowest BCUT2D eigenvalue weighted by Gasteiger charge is -2.12. The molecule has 1 amide bonds. The number of amides is 1.